The zero-order valence-corrected chi connectivity index (χ0v) is 39.0. The van der Waals surface area contributed by atoms with Crippen molar-refractivity contribution in [2.75, 3.05) is 26.2 Å². The number of hydrogen-bond acceptors (Lipinski definition) is 11. The summed E-state index contributed by atoms with van der Waals surface area (Å²) in [7, 11) is 0. The van der Waals surface area contributed by atoms with Gasteiger partial charge in [-0.1, -0.05) is 24.3 Å². The zero-order chi connectivity index (χ0) is 48.1. The zero-order valence-electron chi connectivity index (χ0n) is 39.0. The summed E-state index contributed by atoms with van der Waals surface area (Å²) in [5.74, 6) is -1.67. The maximum atomic E-state index is 15.7. The molecule has 2 aromatic carbocycles. The SMILES string of the molecule is CC(C)(C)OC(=O)N=C(NC(=O)OC(C)(C)C)N1CC=C(c2ccc(-c3nnc(-c4ccc(C5=CCN(C(=NC(=O)OC(C)(C)C)NC(=O)OC(C)(C)C)CC5)cc4F)o3)c(F)c2)CC1. The quantitative estimate of drug-likeness (QED) is 0.143. The molecular formula is C46H58F2N8O9. The van der Waals surface area contributed by atoms with E-state index in [1.807, 2.05) is 12.2 Å². The fourth-order valence-electron chi connectivity index (χ4n) is 6.35. The van der Waals surface area contributed by atoms with E-state index in [9.17, 15) is 19.2 Å². The number of rotatable bonds is 4. The minimum atomic E-state index is -0.887. The van der Waals surface area contributed by atoms with Crippen LogP contribution in [-0.4, -0.2) is 105 Å². The summed E-state index contributed by atoms with van der Waals surface area (Å²) in [5.41, 5.74) is -0.385. The molecule has 0 fully saturated rings. The van der Waals surface area contributed by atoms with Crippen molar-refractivity contribution in [3.05, 3.63) is 71.3 Å². The molecule has 2 aliphatic heterocycles. The minimum Gasteiger partial charge on any atom is -0.444 e. The minimum absolute atomic E-state index is 0.0172. The van der Waals surface area contributed by atoms with Gasteiger partial charge in [0, 0.05) is 26.2 Å². The molecule has 0 saturated carbocycles. The highest BCUT2D eigenvalue weighted by molar-refractivity contribution is 6.00. The molecule has 1 aromatic heterocycles. The summed E-state index contributed by atoms with van der Waals surface area (Å²) in [4.78, 5) is 61.8. The van der Waals surface area contributed by atoms with Gasteiger partial charge in [-0.25, -0.2) is 28.0 Å². The molecule has 3 aromatic rings. The molecule has 0 aliphatic carbocycles. The van der Waals surface area contributed by atoms with E-state index >= 15 is 8.78 Å². The van der Waals surface area contributed by atoms with Crippen LogP contribution in [0.5, 0.6) is 0 Å². The lowest BCUT2D eigenvalue weighted by atomic mass is 9.98. The van der Waals surface area contributed by atoms with Crippen molar-refractivity contribution in [1.29, 1.82) is 0 Å². The van der Waals surface area contributed by atoms with Gasteiger partial charge in [0.25, 0.3) is 11.8 Å². The van der Waals surface area contributed by atoms with Crippen molar-refractivity contribution >= 4 is 47.4 Å². The normalized spacial score (nSPS) is 15.4. The molecule has 5 rings (SSSR count). The van der Waals surface area contributed by atoms with Crippen molar-refractivity contribution in [1.82, 2.24) is 30.6 Å². The molecule has 19 heteroatoms. The average molecular weight is 905 g/mol. The van der Waals surface area contributed by atoms with Gasteiger partial charge in [0.15, 0.2) is 0 Å². The first kappa shape index (κ1) is 49.4. The third-order valence-corrected chi connectivity index (χ3v) is 8.99. The third kappa shape index (κ3) is 15.0. The second-order valence-electron chi connectivity index (χ2n) is 19.2. The Kier molecular flexibility index (Phi) is 14.9. The van der Waals surface area contributed by atoms with Gasteiger partial charge in [-0.05, 0) is 142 Å². The van der Waals surface area contributed by atoms with Crippen molar-refractivity contribution in [3.63, 3.8) is 0 Å². The molecule has 0 atom stereocenters. The predicted octanol–water partition coefficient (Wildman–Crippen LogP) is 9.49. The van der Waals surface area contributed by atoms with Crippen LogP contribution < -0.4 is 10.6 Å². The smallest absolute Gasteiger partial charge is 0.437 e. The number of amides is 4. The standard InChI is InChI=1S/C46H58F2N8O9/c1-43(2,3)62-39(57)49-37(50-40(58)63-44(4,5)6)55-21-17-27(18-22-55)29-13-15-31(33(47)25-29)35-53-54-36(61-35)32-16-14-30(26-34(32)48)28-19-23-56(24-20-28)38(51-41(59)64-45(7,8)9)52-42(60)65-46(10,11)12/h13-17,19,25-26H,18,20-24H2,1-12H3,(H,49,50,57,58)(H,51,52,59,60). The molecule has 17 nitrogen and oxygen atoms in total. The Balaban J connectivity index is 1.27. The van der Waals surface area contributed by atoms with E-state index in [2.05, 4.69) is 30.8 Å². The number of aliphatic imine (C=N–C) groups is 2. The first-order valence-electron chi connectivity index (χ1n) is 21.1. The van der Waals surface area contributed by atoms with Crippen molar-refractivity contribution < 1.29 is 51.3 Å². The van der Waals surface area contributed by atoms with Gasteiger partial charge in [-0.3, -0.25) is 10.6 Å². The van der Waals surface area contributed by atoms with Gasteiger partial charge < -0.3 is 33.2 Å². The molecule has 65 heavy (non-hydrogen) atoms. The maximum Gasteiger partial charge on any atom is 0.437 e. The van der Waals surface area contributed by atoms with Crippen LogP contribution >= 0.6 is 0 Å². The molecule has 4 amide bonds. The van der Waals surface area contributed by atoms with Gasteiger partial charge in [-0.2, -0.15) is 0 Å². The molecule has 0 bridgehead atoms. The molecule has 2 aliphatic rings. The molecule has 2 N–H and O–H groups in total. The Bertz CT molecular complexity index is 2250. The van der Waals surface area contributed by atoms with E-state index in [1.165, 1.54) is 24.3 Å². The van der Waals surface area contributed by atoms with Crippen LogP contribution in [0.3, 0.4) is 0 Å². The van der Waals surface area contributed by atoms with E-state index in [0.29, 0.717) is 37.1 Å². The van der Waals surface area contributed by atoms with E-state index < -0.39 is 58.4 Å². The first-order chi connectivity index (χ1) is 30.1. The van der Waals surface area contributed by atoms with Crippen LogP contribution in [0.25, 0.3) is 34.1 Å². The monoisotopic (exact) mass is 904 g/mol. The molecule has 0 spiro atoms. The van der Waals surface area contributed by atoms with Gasteiger partial charge in [0.1, 0.15) is 34.0 Å². The van der Waals surface area contributed by atoms with E-state index in [4.69, 9.17) is 23.4 Å². The number of ether oxygens (including phenoxy) is 4. The Morgan fingerprint density at radius 1 is 0.585 bits per heavy atom. The number of guanidine groups is 2. The lowest BCUT2D eigenvalue weighted by Crippen LogP contribution is -2.48. The van der Waals surface area contributed by atoms with Crippen LogP contribution in [0, 0.1) is 11.6 Å². The van der Waals surface area contributed by atoms with Crippen LogP contribution in [0.4, 0.5) is 28.0 Å². The number of nitrogens with zero attached hydrogens (tertiary/aromatic N) is 6. The second kappa shape index (κ2) is 19.6. The number of nitrogens with one attached hydrogen (secondary N) is 2. The highest BCUT2D eigenvalue weighted by Crippen LogP contribution is 2.32. The van der Waals surface area contributed by atoms with Gasteiger partial charge in [0.2, 0.25) is 11.9 Å². The highest BCUT2D eigenvalue weighted by atomic mass is 19.1. The van der Waals surface area contributed by atoms with Crippen molar-refractivity contribution in [2.24, 2.45) is 9.98 Å². The number of carbonyl (C=O) groups excluding carboxylic acids is 4. The fraction of sp³-hybridized carbons (Fsp3) is 0.478. The van der Waals surface area contributed by atoms with Crippen LogP contribution in [0.2, 0.25) is 0 Å². The molecule has 3 heterocycles. The van der Waals surface area contributed by atoms with Crippen molar-refractivity contribution in [2.45, 2.75) is 118 Å². The molecule has 350 valence electrons. The topological polar surface area (TPSA) is 199 Å². The summed E-state index contributed by atoms with van der Waals surface area (Å²) in [6.07, 6.45) is 1.12. The van der Waals surface area contributed by atoms with E-state index in [-0.39, 0.29) is 47.9 Å². The Morgan fingerprint density at radius 3 is 1.23 bits per heavy atom. The van der Waals surface area contributed by atoms with Gasteiger partial charge in [0.05, 0.1) is 11.1 Å². The lowest BCUT2D eigenvalue weighted by Gasteiger charge is -2.30. The summed E-state index contributed by atoms with van der Waals surface area (Å²) < 4.78 is 58.6. The number of benzene rings is 2. The molecular weight excluding hydrogens is 847 g/mol. The maximum absolute atomic E-state index is 15.7. The van der Waals surface area contributed by atoms with Crippen LogP contribution in [0.15, 0.2) is 63.0 Å². The van der Waals surface area contributed by atoms with Crippen LogP contribution in [-0.2, 0) is 18.9 Å². The Hall–Kier alpha value is -6.66. The molecule has 0 radical (unpaired) electrons. The van der Waals surface area contributed by atoms with Crippen molar-refractivity contribution in [3.8, 4) is 22.9 Å². The van der Waals surface area contributed by atoms with Gasteiger partial charge >= 0.3 is 24.4 Å². The number of aromatic nitrogens is 2. The average Bonchev–Trinajstić information content (AvgIpc) is 3.64. The second-order valence-corrected chi connectivity index (χ2v) is 19.2. The van der Waals surface area contributed by atoms with Gasteiger partial charge in [-0.15, -0.1) is 20.2 Å². The number of alkyl carbamates (subject to hydrolysis) is 2. The Labute approximate surface area is 377 Å². The summed E-state index contributed by atoms with van der Waals surface area (Å²) in [6.45, 7) is 21.5. The fourth-order valence-corrected chi connectivity index (χ4v) is 6.35. The molecule has 0 unspecified atom stereocenters. The number of carbonyl (C=O) groups is 4. The third-order valence-electron chi connectivity index (χ3n) is 8.99. The number of halogens is 2. The predicted molar refractivity (Wildman–Crippen MR) is 239 cm³/mol. The highest BCUT2D eigenvalue weighted by Gasteiger charge is 2.28. The van der Waals surface area contributed by atoms with E-state index in [1.54, 1.807) is 105 Å². The largest absolute Gasteiger partial charge is 0.444 e. The summed E-state index contributed by atoms with van der Waals surface area (Å²) in [5, 5.41) is 13.1. The first-order valence-corrected chi connectivity index (χ1v) is 21.1. The lowest BCUT2D eigenvalue weighted by molar-refractivity contribution is 0.0536. The summed E-state index contributed by atoms with van der Waals surface area (Å²) in [6, 6.07) is 9.08. The Morgan fingerprint density at radius 2 is 0.938 bits per heavy atom. The van der Waals surface area contributed by atoms with E-state index in [0.717, 1.165) is 11.1 Å². The summed E-state index contributed by atoms with van der Waals surface area (Å²) >= 11 is 0. The molecule has 0 saturated heterocycles. The van der Waals surface area contributed by atoms with Crippen LogP contribution in [0.1, 0.15) is 107 Å². The number of hydrogen-bond donors (Lipinski definition) is 2.